The molecular formula is C25H30N6O3. The number of carbonyl (C=O) groups is 1. The lowest BCUT2D eigenvalue weighted by atomic mass is 10.1. The van der Waals surface area contributed by atoms with E-state index in [9.17, 15) is 4.79 Å². The van der Waals surface area contributed by atoms with E-state index in [-0.39, 0.29) is 12.5 Å². The number of nitrogens with two attached hydrogens (primary N) is 1. The van der Waals surface area contributed by atoms with Crippen molar-refractivity contribution in [3.8, 4) is 5.75 Å². The fraction of sp³-hybridized carbons (Fsp3) is 0.320. The van der Waals surface area contributed by atoms with Crippen molar-refractivity contribution >= 4 is 39.7 Å². The molecule has 0 fully saturated rings. The van der Waals surface area contributed by atoms with Gasteiger partial charge in [-0.1, -0.05) is 37.6 Å². The average Bonchev–Trinajstić information content (AvgIpc) is 3.13. The molecule has 0 unspecified atom stereocenters. The van der Waals surface area contributed by atoms with E-state index in [1.54, 1.807) is 7.11 Å². The summed E-state index contributed by atoms with van der Waals surface area (Å²) in [5.74, 6) is 0.815. The van der Waals surface area contributed by atoms with Crippen LogP contribution in [0.2, 0.25) is 0 Å². The number of nitrogens with zero attached hydrogens (tertiary/aromatic N) is 3. The molecule has 2 heterocycles. The van der Waals surface area contributed by atoms with Crippen LogP contribution in [-0.4, -0.2) is 45.8 Å². The Morgan fingerprint density at radius 2 is 2.03 bits per heavy atom. The molecule has 5 N–H and O–H groups in total. The highest BCUT2D eigenvalue weighted by molar-refractivity contribution is 6.09. The van der Waals surface area contributed by atoms with Gasteiger partial charge in [-0.15, -0.1) is 0 Å². The fourth-order valence-corrected chi connectivity index (χ4v) is 4.17. The second-order valence-corrected chi connectivity index (χ2v) is 8.15. The van der Waals surface area contributed by atoms with Crippen molar-refractivity contribution < 1.29 is 14.6 Å². The molecule has 34 heavy (non-hydrogen) atoms. The smallest absolute Gasteiger partial charge is 0.317 e. The summed E-state index contributed by atoms with van der Waals surface area (Å²) in [5.41, 5.74) is 10.7. The lowest BCUT2D eigenvalue weighted by Gasteiger charge is -2.15. The maximum atomic E-state index is 10.9. The minimum absolute atomic E-state index is 0.0974. The van der Waals surface area contributed by atoms with E-state index in [4.69, 9.17) is 15.6 Å². The van der Waals surface area contributed by atoms with Crippen LogP contribution < -0.4 is 21.1 Å². The molecule has 178 valence electrons. The molecule has 2 aromatic heterocycles. The Kier molecular flexibility index (Phi) is 7.12. The van der Waals surface area contributed by atoms with Crippen LogP contribution in [0, 0.1) is 0 Å². The van der Waals surface area contributed by atoms with Crippen molar-refractivity contribution in [3.05, 3.63) is 53.6 Å². The first kappa shape index (κ1) is 23.3. The third kappa shape index (κ3) is 4.89. The predicted octanol–water partition coefficient (Wildman–Crippen LogP) is 3.61. The number of nitrogen functional groups attached to an aromatic ring is 1. The zero-order valence-corrected chi connectivity index (χ0v) is 19.5. The molecule has 0 bridgehead atoms. The first-order valence-electron chi connectivity index (χ1n) is 11.4. The average molecular weight is 463 g/mol. The summed E-state index contributed by atoms with van der Waals surface area (Å²) in [5, 5.41) is 16.3. The lowest BCUT2D eigenvalue weighted by molar-refractivity contribution is -0.136. The van der Waals surface area contributed by atoms with Gasteiger partial charge < -0.3 is 30.8 Å². The SMILES string of the molecule is CCCCNc1nc(N)nc2c3ccccc3n(Cc3cc(CNCC(=O)O)ccc3OC)c12. The number of benzene rings is 2. The fourth-order valence-electron chi connectivity index (χ4n) is 4.17. The normalized spacial score (nSPS) is 11.2. The molecule has 4 aromatic rings. The highest BCUT2D eigenvalue weighted by Crippen LogP contribution is 2.34. The molecule has 0 amide bonds. The molecule has 0 atom stereocenters. The van der Waals surface area contributed by atoms with Crippen LogP contribution in [0.4, 0.5) is 11.8 Å². The second kappa shape index (κ2) is 10.4. The number of aliphatic carboxylic acids is 1. The van der Waals surface area contributed by atoms with Gasteiger partial charge in [-0.3, -0.25) is 4.79 Å². The van der Waals surface area contributed by atoms with Crippen LogP contribution in [-0.2, 0) is 17.9 Å². The lowest BCUT2D eigenvalue weighted by Crippen LogP contribution is -2.22. The van der Waals surface area contributed by atoms with Gasteiger partial charge in [0.25, 0.3) is 0 Å². The molecule has 0 spiro atoms. The van der Waals surface area contributed by atoms with E-state index in [0.717, 1.165) is 58.2 Å². The van der Waals surface area contributed by atoms with E-state index in [2.05, 4.69) is 38.2 Å². The van der Waals surface area contributed by atoms with Crippen LogP contribution >= 0.6 is 0 Å². The summed E-state index contributed by atoms with van der Waals surface area (Å²) in [7, 11) is 1.65. The minimum atomic E-state index is -0.888. The third-order valence-corrected chi connectivity index (χ3v) is 5.72. The van der Waals surface area contributed by atoms with Gasteiger partial charge in [0.2, 0.25) is 5.95 Å². The van der Waals surface area contributed by atoms with E-state index in [1.165, 1.54) is 0 Å². The summed E-state index contributed by atoms with van der Waals surface area (Å²) in [6.07, 6.45) is 2.09. The van der Waals surface area contributed by atoms with E-state index < -0.39 is 5.97 Å². The van der Waals surface area contributed by atoms with Gasteiger partial charge in [-0.2, -0.15) is 4.98 Å². The molecule has 0 aliphatic carbocycles. The molecule has 0 aliphatic heterocycles. The number of carboxylic acid groups (broad SMARTS) is 1. The Balaban J connectivity index is 1.81. The molecule has 9 nitrogen and oxygen atoms in total. The van der Waals surface area contributed by atoms with Crippen molar-refractivity contribution in [1.29, 1.82) is 0 Å². The van der Waals surface area contributed by atoms with Gasteiger partial charge >= 0.3 is 5.97 Å². The Hall–Kier alpha value is -3.85. The number of hydrogen-bond donors (Lipinski definition) is 4. The number of unbranched alkanes of at least 4 members (excludes halogenated alkanes) is 1. The van der Waals surface area contributed by atoms with Crippen molar-refractivity contribution in [1.82, 2.24) is 19.9 Å². The number of nitrogens with one attached hydrogen (secondary N) is 2. The second-order valence-electron chi connectivity index (χ2n) is 8.15. The largest absolute Gasteiger partial charge is 0.496 e. The first-order valence-corrected chi connectivity index (χ1v) is 11.4. The summed E-state index contributed by atoms with van der Waals surface area (Å²) >= 11 is 0. The number of carboxylic acids is 1. The Morgan fingerprint density at radius 3 is 2.79 bits per heavy atom. The number of para-hydroxylation sites is 1. The first-order chi connectivity index (χ1) is 16.5. The zero-order chi connectivity index (χ0) is 24.1. The number of aromatic nitrogens is 3. The molecule has 9 heteroatoms. The number of fused-ring (bicyclic) bond motifs is 3. The summed E-state index contributed by atoms with van der Waals surface area (Å²) in [6.45, 7) is 3.81. The number of anilines is 2. The topological polar surface area (TPSA) is 127 Å². The van der Waals surface area contributed by atoms with Gasteiger partial charge in [0, 0.05) is 24.0 Å². The maximum Gasteiger partial charge on any atom is 0.317 e. The van der Waals surface area contributed by atoms with Crippen molar-refractivity contribution in [2.75, 3.05) is 31.2 Å². The Labute approximate surface area is 198 Å². The zero-order valence-electron chi connectivity index (χ0n) is 19.5. The van der Waals surface area contributed by atoms with Crippen LogP contribution in [0.15, 0.2) is 42.5 Å². The van der Waals surface area contributed by atoms with Gasteiger partial charge in [0.05, 0.1) is 25.7 Å². The molecule has 0 radical (unpaired) electrons. The van der Waals surface area contributed by atoms with E-state index in [1.807, 2.05) is 36.4 Å². The number of methoxy groups -OCH3 is 1. The van der Waals surface area contributed by atoms with Crippen LogP contribution in [0.3, 0.4) is 0 Å². The standard InChI is InChI=1S/C25H30N6O3/c1-3-4-11-28-24-23-22(29-25(26)30-24)18-7-5-6-8-19(18)31(23)15-17-12-16(9-10-20(17)34-2)13-27-14-21(32)33/h5-10,12,27H,3-4,11,13-15H2,1-2H3,(H,32,33)(H3,26,28,29,30). The molecule has 2 aromatic carbocycles. The number of rotatable bonds is 11. The van der Waals surface area contributed by atoms with Crippen LogP contribution in [0.5, 0.6) is 5.75 Å². The van der Waals surface area contributed by atoms with Crippen molar-refractivity contribution in [2.45, 2.75) is 32.9 Å². The van der Waals surface area contributed by atoms with Crippen molar-refractivity contribution in [2.24, 2.45) is 0 Å². The van der Waals surface area contributed by atoms with Gasteiger partial charge in [0.15, 0.2) is 5.82 Å². The van der Waals surface area contributed by atoms with Gasteiger partial charge in [0.1, 0.15) is 16.8 Å². The number of hydrogen-bond acceptors (Lipinski definition) is 7. The van der Waals surface area contributed by atoms with E-state index in [0.29, 0.717) is 18.9 Å². The predicted molar refractivity (Wildman–Crippen MR) is 134 cm³/mol. The Morgan fingerprint density at radius 1 is 1.21 bits per heavy atom. The van der Waals surface area contributed by atoms with Gasteiger partial charge in [-0.05, 0) is 30.2 Å². The van der Waals surface area contributed by atoms with Crippen molar-refractivity contribution in [3.63, 3.8) is 0 Å². The molecule has 0 aliphatic rings. The van der Waals surface area contributed by atoms with Crippen LogP contribution in [0.25, 0.3) is 21.9 Å². The monoisotopic (exact) mass is 462 g/mol. The molecule has 4 rings (SSSR count). The van der Waals surface area contributed by atoms with Crippen LogP contribution in [0.1, 0.15) is 30.9 Å². The molecule has 0 saturated carbocycles. The Bertz CT molecular complexity index is 1320. The highest BCUT2D eigenvalue weighted by atomic mass is 16.5. The molecular weight excluding hydrogens is 432 g/mol. The molecule has 0 saturated heterocycles. The third-order valence-electron chi connectivity index (χ3n) is 5.72. The number of ether oxygens (including phenoxy) is 1. The summed E-state index contributed by atoms with van der Waals surface area (Å²) in [6, 6.07) is 14.0. The van der Waals surface area contributed by atoms with Gasteiger partial charge in [-0.25, -0.2) is 4.98 Å². The van der Waals surface area contributed by atoms with E-state index >= 15 is 0 Å². The highest BCUT2D eigenvalue weighted by Gasteiger charge is 2.19. The quantitative estimate of drug-likeness (QED) is 0.249. The minimum Gasteiger partial charge on any atom is -0.496 e. The maximum absolute atomic E-state index is 10.9. The summed E-state index contributed by atoms with van der Waals surface area (Å²) < 4.78 is 7.84. The summed E-state index contributed by atoms with van der Waals surface area (Å²) in [4.78, 5) is 20.0.